The van der Waals surface area contributed by atoms with E-state index in [0.29, 0.717) is 17.7 Å². The van der Waals surface area contributed by atoms with Crippen LogP contribution in [-0.4, -0.2) is 52.1 Å². The van der Waals surface area contributed by atoms with Crippen LogP contribution in [0.25, 0.3) is 10.9 Å². The lowest BCUT2D eigenvalue weighted by molar-refractivity contribution is -0.117. The highest BCUT2D eigenvalue weighted by Gasteiger charge is 2.26. The minimum absolute atomic E-state index is 0.149. The molecule has 9 nitrogen and oxygen atoms in total. The molecule has 1 aromatic heterocycles. The minimum atomic E-state index is -0.529. The lowest BCUT2D eigenvalue weighted by Crippen LogP contribution is -2.42. The number of rotatable bonds is 7. The van der Waals surface area contributed by atoms with Crippen LogP contribution in [0, 0.1) is 13.8 Å². The van der Waals surface area contributed by atoms with Gasteiger partial charge in [-0.2, -0.15) is 0 Å². The van der Waals surface area contributed by atoms with Crippen molar-refractivity contribution in [2.45, 2.75) is 46.3 Å². The van der Waals surface area contributed by atoms with Crippen LogP contribution in [0.1, 0.15) is 41.3 Å². The SMILES string of the molecule is CCn1c(=O)[nH]c2cc(C(=O)N(CC(=O)Nc3cccc(C)c3C)CC3CCCO3)ccc2c1=O. The van der Waals surface area contributed by atoms with Gasteiger partial charge < -0.3 is 19.9 Å². The van der Waals surface area contributed by atoms with Gasteiger partial charge in [0.05, 0.1) is 17.0 Å². The van der Waals surface area contributed by atoms with Gasteiger partial charge in [0.25, 0.3) is 11.5 Å². The second kappa shape index (κ2) is 10.3. The first-order chi connectivity index (χ1) is 16.8. The van der Waals surface area contributed by atoms with Gasteiger partial charge in [-0.1, -0.05) is 12.1 Å². The number of aryl methyl sites for hydroxylation is 1. The zero-order valence-corrected chi connectivity index (χ0v) is 20.2. The lowest BCUT2D eigenvalue weighted by atomic mass is 10.1. The molecule has 2 heterocycles. The van der Waals surface area contributed by atoms with Crippen molar-refractivity contribution in [3.8, 4) is 0 Å². The van der Waals surface area contributed by atoms with Crippen LogP contribution in [0.3, 0.4) is 0 Å². The fourth-order valence-electron chi connectivity index (χ4n) is 4.36. The Morgan fingerprint density at radius 2 is 2.00 bits per heavy atom. The Morgan fingerprint density at radius 3 is 2.71 bits per heavy atom. The van der Waals surface area contributed by atoms with Gasteiger partial charge in [0, 0.05) is 30.9 Å². The summed E-state index contributed by atoms with van der Waals surface area (Å²) in [6.45, 7) is 6.60. The summed E-state index contributed by atoms with van der Waals surface area (Å²) in [4.78, 5) is 55.4. The van der Waals surface area contributed by atoms with E-state index in [4.69, 9.17) is 4.74 Å². The molecule has 1 fully saturated rings. The molecule has 1 atom stereocenters. The number of aromatic amines is 1. The fraction of sp³-hybridized carbons (Fsp3) is 0.385. The van der Waals surface area contributed by atoms with Crippen LogP contribution >= 0.6 is 0 Å². The number of hydrogen-bond acceptors (Lipinski definition) is 5. The highest BCUT2D eigenvalue weighted by Crippen LogP contribution is 2.19. The first-order valence-corrected chi connectivity index (χ1v) is 11.8. The summed E-state index contributed by atoms with van der Waals surface area (Å²) in [5.41, 5.74) is 2.35. The average Bonchev–Trinajstić information content (AvgIpc) is 3.34. The minimum Gasteiger partial charge on any atom is -0.376 e. The van der Waals surface area contributed by atoms with Gasteiger partial charge in [-0.05, 0) is 69.0 Å². The molecule has 0 aliphatic carbocycles. The first-order valence-electron chi connectivity index (χ1n) is 11.8. The van der Waals surface area contributed by atoms with Crippen molar-refractivity contribution in [3.05, 3.63) is 73.9 Å². The zero-order valence-electron chi connectivity index (χ0n) is 20.2. The molecule has 0 bridgehead atoms. The third kappa shape index (κ3) is 5.19. The Bertz CT molecular complexity index is 1380. The predicted octanol–water partition coefficient (Wildman–Crippen LogP) is 2.59. The van der Waals surface area contributed by atoms with Gasteiger partial charge >= 0.3 is 5.69 Å². The van der Waals surface area contributed by atoms with E-state index >= 15 is 0 Å². The van der Waals surface area contributed by atoms with Crippen molar-refractivity contribution in [1.29, 1.82) is 0 Å². The van der Waals surface area contributed by atoms with Crippen molar-refractivity contribution in [2.75, 3.05) is 25.0 Å². The Kier molecular flexibility index (Phi) is 7.16. The Labute approximate surface area is 202 Å². The van der Waals surface area contributed by atoms with Crippen LogP contribution in [0.15, 0.2) is 46.0 Å². The summed E-state index contributed by atoms with van der Waals surface area (Å²) >= 11 is 0. The van der Waals surface area contributed by atoms with E-state index in [0.717, 1.165) is 28.5 Å². The number of H-pyrrole nitrogens is 1. The van der Waals surface area contributed by atoms with Crippen molar-refractivity contribution in [1.82, 2.24) is 14.5 Å². The quantitative estimate of drug-likeness (QED) is 0.542. The van der Waals surface area contributed by atoms with Crippen LogP contribution in [0.2, 0.25) is 0 Å². The van der Waals surface area contributed by atoms with Crippen LogP contribution in [0.5, 0.6) is 0 Å². The Morgan fingerprint density at radius 1 is 1.20 bits per heavy atom. The van der Waals surface area contributed by atoms with Gasteiger partial charge in [-0.3, -0.25) is 19.0 Å². The summed E-state index contributed by atoms with van der Waals surface area (Å²) < 4.78 is 6.82. The largest absolute Gasteiger partial charge is 0.376 e. The molecule has 1 unspecified atom stereocenters. The normalized spacial score (nSPS) is 15.3. The summed E-state index contributed by atoms with van der Waals surface area (Å²) in [6, 6.07) is 10.2. The van der Waals surface area contributed by atoms with E-state index in [-0.39, 0.29) is 48.6 Å². The molecule has 2 N–H and O–H groups in total. The second-order valence-electron chi connectivity index (χ2n) is 8.86. The third-order valence-corrected chi connectivity index (χ3v) is 6.49. The zero-order chi connectivity index (χ0) is 25.1. The number of carbonyl (C=O) groups excluding carboxylic acids is 2. The number of anilines is 1. The summed E-state index contributed by atoms with van der Waals surface area (Å²) in [6.07, 6.45) is 1.57. The van der Waals surface area contributed by atoms with E-state index in [2.05, 4.69) is 10.3 Å². The van der Waals surface area contributed by atoms with Gasteiger partial charge in [-0.25, -0.2) is 4.79 Å². The average molecular weight is 479 g/mol. The van der Waals surface area contributed by atoms with Crippen LogP contribution in [-0.2, 0) is 16.1 Å². The molecule has 1 aliphatic heterocycles. The number of nitrogens with one attached hydrogen (secondary N) is 2. The third-order valence-electron chi connectivity index (χ3n) is 6.49. The molecule has 0 radical (unpaired) electrons. The molecule has 4 rings (SSSR count). The molecule has 35 heavy (non-hydrogen) atoms. The lowest BCUT2D eigenvalue weighted by Gasteiger charge is -2.25. The van der Waals surface area contributed by atoms with Crippen LogP contribution < -0.4 is 16.6 Å². The van der Waals surface area contributed by atoms with Gasteiger partial charge in [-0.15, -0.1) is 0 Å². The molecule has 184 valence electrons. The summed E-state index contributed by atoms with van der Waals surface area (Å²) in [5, 5.41) is 3.23. The molecule has 9 heteroatoms. The number of hydrogen-bond donors (Lipinski definition) is 2. The van der Waals surface area contributed by atoms with E-state index in [1.807, 2.05) is 32.0 Å². The number of carbonyl (C=O) groups is 2. The molecule has 0 saturated carbocycles. The highest BCUT2D eigenvalue weighted by molar-refractivity contribution is 6.01. The highest BCUT2D eigenvalue weighted by atomic mass is 16.5. The van der Waals surface area contributed by atoms with Crippen molar-refractivity contribution in [3.63, 3.8) is 0 Å². The van der Waals surface area contributed by atoms with E-state index in [1.165, 1.54) is 17.0 Å². The number of nitrogens with zero attached hydrogens (tertiary/aromatic N) is 2. The van der Waals surface area contributed by atoms with Gasteiger partial charge in [0.15, 0.2) is 0 Å². The van der Waals surface area contributed by atoms with Crippen molar-refractivity contribution < 1.29 is 14.3 Å². The molecule has 3 aromatic rings. The molecule has 1 saturated heterocycles. The molecule has 1 aliphatic rings. The van der Waals surface area contributed by atoms with E-state index in [1.54, 1.807) is 13.0 Å². The van der Waals surface area contributed by atoms with E-state index in [9.17, 15) is 19.2 Å². The molecule has 2 aromatic carbocycles. The van der Waals surface area contributed by atoms with Gasteiger partial charge in [0.2, 0.25) is 5.91 Å². The fourth-order valence-corrected chi connectivity index (χ4v) is 4.36. The maximum atomic E-state index is 13.5. The summed E-state index contributed by atoms with van der Waals surface area (Å²) in [5.74, 6) is -0.691. The summed E-state index contributed by atoms with van der Waals surface area (Å²) in [7, 11) is 0. The standard InChI is InChI=1S/C26H30N4O5/c1-4-30-25(33)20-11-10-18(13-22(20)28-26(30)34)24(32)29(14-19-8-6-12-35-19)15-23(31)27-21-9-5-7-16(2)17(21)3/h5,7,9-11,13,19H,4,6,8,12,14-15H2,1-3H3,(H,27,31)(H,28,34). The number of amides is 2. The maximum absolute atomic E-state index is 13.5. The monoisotopic (exact) mass is 478 g/mol. The Balaban J connectivity index is 1.61. The molecule has 2 amide bonds. The number of ether oxygens (including phenoxy) is 1. The predicted molar refractivity (Wildman–Crippen MR) is 134 cm³/mol. The van der Waals surface area contributed by atoms with Gasteiger partial charge in [0.1, 0.15) is 6.54 Å². The number of aromatic nitrogens is 2. The molecular formula is C26H30N4O5. The molecule has 0 spiro atoms. The smallest absolute Gasteiger partial charge is 0.328 e. The number of fused-ring (bicyclic) bond motifs is 1. The topological polar surface area (TPSA) is 114 Å². The molecular weight excluding hydrogens is 448 g/mol. The van der Waals surface area contributed by atoms with Crippen molar-refractivity contribution >= 4 is 28.4 Å². The second-order valence-corrected chi connectivity index (χ2v) is 8.86. The van der Waals surface area contributed by atoms with Crippen LogP contribution in [0.4, 0.5) is 5.69 Å². The Hall–Kier alpha value is -3.72. The van der Waals surface area contributed by atoms with E-state index < -0.39 is 11.2 Å². The van der Waals surface area contributed by atoms with Crippen molar-refractivity contribution in [2.24, 2.45) is 0 Å². The first kappa shape index (κ1) is 24.4. The maximum Gasteiger partial charge on any atom is 0.328 e. The number of benzene rings is 2.